The normalized spacial score (nSPS) is 15.3. The van der Waals surface area contributed by atoms with Gasteiger partial charge >= 0.3 is 0 Å². The summed E-state index contributed by atoms with van der Waals surface area (Å²) in [6.07, 6.45) is -1.28. The Kier molecular flexibility index (Phi) is 5.68. The molecule has 1 atom stereocenters. The molecule has 2 N–H and O–H groups in total. The van der Waals surface area contributed by atoms with Gasteiger partial charge in [-0.2, -0.15) is 0 Å². The third kappa shape index (κ3) is 4.27. The third-order valence-electron chi connectivity index (χ3n) is 4.75. The van der Waals surface area contributed by atoms with E-state index >= 15 is 0 Å². The van der Waals surface area contributed by atoms with Gasteiger partial charge in [-0.1, -0.05) is 23.7 Å². The fourth-order valence-electron chi connectivity index (χ4n) is 3.20. The van der Waals surface area contributed by atoms with Crippen molar-refractivity contribution in [2.75, 3.05) is 12.4 Å². The number of halogens is 2. The molecular weight excluding hydrogens is 421 g/mol. The Balaban J connectivity index is 1.75. The summed E-state index contributed by atoms with van der Waals surface area (Å²) in [5.41, 5.74) is 1.57. The number of aliphatic imine (C=N–C) groups is 1. The van der Waals surface area contributed by atoms with Crippen LogP contribution in [0.2, 0.25) is 5.02 Å². The number of fused-ring (bicyclic) bond motifs is 1. The van der Waals surface area contributed by atoms with Crippen molar-refractivity contribution in [3.05, 3.63) is 94.3 Å². The second kappa shape index (κ2) is 8.57. The first-order valence-electron chi connectivity index (χ1n) is 9.34. The average Bonchev–Trinajstić information content (AvgIpc) is 2.90. The van der Waals surface area contributed by atoms with Crippen LogP contribution in [0, 0.1) is 5.82 Å². The number of carbonyl (C=O) groups is 2. The number of hydrogen-bond acceptors (Lipinski definition) is 4. The fourth-order valence-corrected chi connectivity index (χ4v) is 3.37. The number of methoxy groups -OCH3 is 1. The smallest absolute Gasteiger partial charge is 0.269 e. The van der Waals surface area contributed by atoms with Crippen molar-refractivity contribution < 1.29 is 18.7 Å². The largest absolute Gasteiger partial charge is 0.497 e. The Morgan fingerprint density at radius 1 is 1.10 bits per heavy atom. The van der Waals surface area contributed by atoms with Gasteiger partial charge in [0.25, 0.3) is 11.8 Å². The predicted octanol–water partition coefficient (Wildman–Crippen LogP) is 4.03. The summed E-state index contributed by atoms with van der Waals surface area (Å²) in [4.78, 5) is 29.9. The molecule has 1 aliphatic rings. The highest BCUT2D eigenvalue weighted by Crippen LogP contribution is 2.28. The van der Waals surface area contributed by atoms with E-state index in [1.54, 1.807) is 60.7 Å². The van der Waals surface area contributed by atoms with Crippen molar-refractivity contribution in [3.63, 3.8) is 0 Å². The quantitative estimate of drug-likeness (QED) is 0.646. The zero-order chi connectivity index (χ0) is 22.0. The summed E-state index contributed by atoms with van der Waals surface area (Å²) >= 11 is 6.14. The number of anilines is 1. The van der Waals surface area contributed by atoms with Crippen molar-refractivity contribution in [3.8, 4) is 5.75 Å². The van der Waals surface area contributed by atoms with Crippen molar-refractivity contribution in [2.24, 2.45) is 4.99 Å². The topological polar surface area (TPSA) is 79.8 Å². The second-order valence-electron chi connectivity index (χ2n) is 6.74. The average molecular weight is 438 g/mol. The van der Waals surface area contributed by atoms with Crippen LogP contribution in [-0.2, 0) is 4.79 Å². The fraction of sp³-hybridized carbons (Fsp3) is 0.0870. The number of nitrogens with zero attached hydrogens (tertiary/aromatic N) is 1. The number of benzene rings is 3. The van der Waals surface area contributed by atoms with Crippen LogP contribution in [0.1, 0.15) is 21.5 Å². The highest BCUT2D eigenvalue weighted by molar-refractivity contribution is 6.32. The molecule has 0 saturated heterocycles. The first kappa shape index (κ1) is 20.6. The van der Waals surface area contributed by atoms with Gasteiger partial charge in [0.2, 0.25) is 6.17 Å². The first-order valence-corrected chi connectivity index (χ1v) is 9.72. The van der Waals surface area contributed by atoms with E-state index in [-0.39, 0.29) is 11.3 Å². The molecule has 6 nitrogen and oxygen atoms in total. The predicted molar refractivity (Wildman–Crippen MR) is 116 cm³/mol. The van der Waals surface area contributed by atoms with Crippen LogP contribution in [0.3, 0.4) is 0 Å². The number of benzodiazepines with no additional fused rings is 1. The number of ether oxygens (including phenoxy) is 1. The second-order valence-corrected chi connectivity index (χ2v) is 7.18. The Hall–Kier alpha value is -3.71. The molecule has 0 aromatic heterocycles. The van der Waals surface area contributed by atoms with Gasteiger partial charge in [0.15, 0.2) is 0 Å². The zero-order valence-corrected chi connectivity index (χ0v) is 17.1. The summed E-state index contributed by atoms with van der Waals surface area (Å²) in [5.74, 6) is -0.988. The molecule has 1 unspecified atom stereocenters. The minimum absolute atomic E-state index is 0.186. The SMILES string of the molecule is COc1ccc(C(=O)NC2N=C(c3ccccc3F)c3cc(Cl)ccc3NC2=O)cc1. The van der Waals surface area contributed by atoms with E-state index in [4.69, 9.17) is 16.3 Å². The lowest BCUT2D eigenvalue weighted by molar-refractivity contribution is -0.117. The van der Waals surface area contributed by atoms with E-state index < -0.39 is 23.8 Å². The van der Waals surface area contributed by atoms with Crippen molar-refractivity contribution in [1.29, 1.82) is 0 Å². The summed E-state index contributed by atoms with van der Waals surface area (Å²) in [6.45, 7) is 0. The molecule has 3 aromatic carbocycles. The molecule has 4 rings (SSSR count). The van der Waals surface area contributed by atoms with Crippen LogP contribution >= 0.6 is 11.6 Å². The summed E-state index contributed by atoms with van der Waals surface area (Å²) in [7, 11) is 1.52. The molecule has 0 bridgehead atoms. The molecule has 0 aliphatic carbocycles. The molecule has 156 valence electrons. The van der Waals surface area contributed by atoms with E-state index in [0.717, 1.165) is 0 Å². The number of carbonyl (C=O) groups excluding carboxylic acids is 2. The molecular formula is C23H17ClFN3O3. The molecule has 8 heteroatoms. The van der Waals surface area contributed by atoms with Crippen LogP contribution in [0.15, 0.2) is 71.7 Å². The Labute approximate surface area is 182 Å². The lowest BCUT2D eigenvalue weighted by atomic mass is 10.00. The molecule has 0 saturated carbocycles. The Morgan fingerprint density at radius 3 is 2.55 bits per heavy atom. The van der Waals surface area contributed by atoms with E-state index in [9.17, 15) is 14.0 Å². The van der Waals surface area contributed by atoms with Crippen LogP contribution in [0.25, 0.3) is 0 Å². The van der Waals surface area contributed by atoms with Gasteiger partial charge in [-0.15, -0.1) is 0 Å². The summed E-state index contributed by atoms with van der Waals surface area (Å²) in [5, 5.41) is 5.72. The van der Waals surface area contributed by atoms with E-state index in [2.05, 4.69) is 15.6 Å². The minimum atomic E-state index is -1.28. The molecule has 1 heterocycles. The van der Waals surface area contributed by atoms with Gasteiger partial charge in [0.1, 0.15) is 11.6 Å². The maximum Gasteiger partial charge on any atom is 0.269 e. The van der Waals surface area contributed by atoms with Crippen LogP contribution < -0.4 is 15.4 Å². The molecule has 0 spiro atoms. The van der Waals surface area contributed by atoms with Gasteiger partial charge in [-0.25, -0.2) is 9.38 Å². The van der Waals surface area contributed by atoms with Gasteiger partial charge in [-0.3, -0.25) is 9.59 Å². The zero-order valence-electron chi connectivity index (χ0n) is 16.4. The third-order valence-corrected chi connectivity index (χ3v) is 4.99. The molecule has 0 radical (unpaired) electrons. The molecule has 3 aromatic rings. The number of hydrogen-bond donors (Lipinski definition) is 2. The first-order chi connectivity index (χ1) is 15.0. The lowest BCUT2D eigenvalue weighted by Gasteiger charge is -2.14. The number of rotatable bonds is 4. The van der Waals surface area contributed by atoms with E-state index in [1.165, 1.54) is 13.2 Å². The molecule has 0 fully saturated rings. The van der Waals surface area contributed by atoms with Crippen molar-refractivity contribution >= 4 is 34.8 Å². The lowest BCUT2D eigenvalue weighted by Crippen LogP contribution is -2.42. The number of nitrogens with one attached hydrogen (secondary N) is 2. The maximum atomic E-state index is 14.6. The molecule has 31 heavy (non-hydrogen) atoms. The minimum Gasteiger partial charge on any atom is -0.497 e. The van der Waals surface area contributed by atoms with Crippen LogP contribution in [0.5, 0.6) is 5.75 Å². The summed E-state index contributed by atoms with van der Waals surface area (Å²) in [6, 6.07) is 17.3. The van der Waals surface area contributed by atoms with Gasteiger partial charge in [0.05, 0.1) is 18.5 Å². The van der Waals surface area contributed by atoms with Gasteiger partial charge in [-0.05, 0) is 54.6 Å². The highest BCUT2D eigenvalue weighted by Gasteiger charge is 2.28. The Bertz CT molecular complexity index is 1190. The van der Waals surface area contributed by atoms with Crippen LogP contribution in [-0.4, -0.2) is 30.8 Å². The van der Waals surface area contributed by atoms with E-state index in [0.29, 0.717) is 27.6 Å². The molecule has 2 amide bonds. The van der Waals surface area contributed by atoms with Gasteiger partial charge in [0, 0.05) is 21.7 Å². The van der Waals surface area contributed by atoms with Gasteiger partial charge < -0.3 is 15.4 Å². The summed E-state index contributed by atoms with van der Waals surface area (Å²) < 4.78 is 19.7. The standard InChI is InChI=1S/C23H17ClFN3O3/c1-31-15-9-6-13(7-10-15)22(29)28-21-23(30)26-19-11-8-14(24)12-17(19)20(27-21)16-4-2-3-5-18(16)25/h2-12,21H,1H3,(H,26,30)(H,28,29). The van der Waals surface area contributed by atoms with E-state index in [1.807, 2.05) is 0 Å². The molecule has 1 aliphatic heterocycles. The monoisotopic (exact) mass is 437 g/mol. The number of amides is 2. The maximum absolute atomic E-state index is 14.6. The van der Waals surface area contributed by atoms with Crippen molar-refractivity contribution in [1.82, 2.24) is 5.32 Å². The highest BCUT2D eigenvalue weighted by atomic mass is 35.5. The van der Waals surface area contributed by atoms with Crippen molar-refractivity contribution in [2.45, 2.75) is 6.17 Å². The Morgan fingerprint density at radius 2 is 1.84 bits per heavy atom. The van der Waals surface area contributed by atoms with Crippen LogP contribution in [0.4, 0.5) is 10.1 Å².